The van der Waals surface area contributed by atoms with Crippen LogP contribution in [-0.4, -0.2) is 89.8 Å². The van der Waals surface area contributed by atoms with Gasteiger partial charge in [-0.3, -0.25) is 19.1 Å². The third kappa shape index (κ3) is 11.5. The number of aromatic nitrogens is 1. The van der Waals surface area contributed by atoms with Gasteiger partial charge < -0.3 is 29.7 Å². The number of hydrogen-bond acceptors (Lipinski definition) is 10. The van der Waals surface area contributed by atoms with Crippen molar-refractivity contribution in [2.45, 2.75) is 146 Å². The summed E-state index contributed by atoms with van der Waals surface area (Å²) in [6, 6.07) is 14.5. The van der Waals surface area contributed by atoms with Crippen LogP contribution >= 0.6 is 0 Å². The van der Waals surface area contributed by atoms with E-state index in [0.717, 1.165) is 44.1 Å². The third-order valence-corrected chi connectivity index (χ3v) is 14.9. The van der Waals surface area contributed by atoms with Crippen molar-refractivity contribution in [1.82, 2.24) is 25.2 Å². The number of alkyl carbamates (subject to hydrolysis) is 1. The van der Waals surface area contributed by atoms with Crippen molar-refractivity contribution in [3.05, 3.63) is 79.9 Å². The first-order valence-electron chi connectivity index (χ1n) is 22.8. The van der Waals surface area contributed by atoms with Gasteiger partial charge in [-0.05, 0) is 76.8 Å². The van der Waals surface area contributed by atoms with Gasteiger partial charge in [-0.2, -0.15) is 0 Å². The van der Waals surface area contributed by atoms with Crippen LogP contribution in [0.2, 0.25) is 0 Å². The van der Waals surface area contributed by atoms with Crippen LogP contribution in [0.1, 0.15) is 112 Å². The molecule has 3 fully saturated rings. The second-order valence-corrected chi connectivity index (χ2v) is 22.0. The van der Waals surface area contributed by atoms with Gasteiger partial charge in [0.2, 0.25) is 21.8 Å². The van der Waals surface area contributed by atoms with Gasteiger partial charge in [0.05, 0.1) is 29.6 Å². The molecule has 2 aromatic carbocycles. The fourth-order valence-corrected chi connectivity index (χ4v) is 10.4. The average Bonchev–Trinajstić information content (AvgIpc) is 4.15. The Kier molecular flexibility index (Phi) is 14.8. The Morgan fingerprint density at radius 1 is 0.954 bits per heavy atom. The van der Waals surface area contributed by atoms with Gasteiger partial charge in [0.25, 0.3) is 5.91 Å². The number of nitrogens with zero attached hydrogens (tertiary/aromatic N) is 2. The molecule has 0 radical (unpaired) electrons. The predicted octanol–water partition coefficient (Wildman–Crippen LogP) is 8.15. The maximum absolute atomic E-state index is 14.9. The summed E-state index contributed by atoms with van der Waals surface area (Å²) in [7, 11) is -2.52. The molecule has 0 bridgehead atoms. The molecule has 1 unspecified atom stereocenters. The molecule has 65 heavy (non-hydrogen) atoms. The topological polar surface area (TPSA) is 182 Å². The van der Waals surface area contributed by atoms with E-state index in [1.54, 1.807) is 60.8 Å². The van der Waals surface area contributed by atoms with Crippen molar-refractivity contribution >= 4 is 44.7 Å². The average molecular weight is 914 g/mol. The normalized spacial score (nSPS) is 21.7. The molecule has 1 saturated heterocycles. The molecule has 4 amide bonds. The maximum Gasteiger partial charge on any atom is 0.408 e. The minimum Gasteiger partial charge on any atom is -0.497 e. The minimum absolute atomic E-state index is 0.00691. The van der Waals surface area contributed by atoms with Crippen LogP contribution in [0, 0.1) is 11.3 Å². The summed E-state index contributed by atoms with van der Waals surface area (Å²) in [5.41, 5.74) is -1.21. The zero-order valence-electron chi connectivity index (χ0n) is 39.0. The van der Waals surface area contributed by atoms with Gasteiger partial charge in [-0.15, -0.1) is 13.2 Å². The Hall–Kier alpha value is -5.44. The second kappa shape index (κ2) is 19.6. The quantitative estimate of drug-likeness (QED) is 0.0739. The fourth-order valence-electron chi connectivity index (χ4n) is 8.67. The smallest absolute Gasteiger partial charge is 0.408 e. The molecule has 2 aliphatic carbocycles. The lowest BCUT2D eigenvalue weighted by Crippen LogP contribution is -2.60. The summed E-state index contributed by atoms with van der Waals surface area (Å²) in [6.07, 6.45) is 9.04. The zero-order valence-corrected chi connectivity index (χ0v) is 39.9. The minimum atomic E-state index is -4.09. The highest BCUT2D eigenvalue weighted by Crippen LogP contribution is 2.49. The second-order valence-electron chi connectivity index (χ2n) is 19.9. The fraction of sp³-hybridized carbons (Fsp3) is 0.540. The lowest BCUT2D eigenvalue weighted by molar-refractivity contribution is -0.143. The van der Waals surface area contributed by atoms with Crippen molar-refractivity contribution in [1.29, 1.82) is 0 Å². The zero-order chi connectivity index (χ0) is 47.4. The molecule has 5 atom stereocenters. The SMILES string of the molecule is C=CCCCCCCCC1(S(=O)(=O)NC(=O)[C@@]2(NC(=O)[C@@H]3C[C@@H](Oc4cc(-c5ccccc5)nc5cc(OC)ccc45)CN3C(=O)[C@@H](NC(=O)OC(C)(C)C)C(C)(C)C)CC2C=C)CC1. The van der Waals surface area contributed by atoms with E-state index in [9.17, 15) is 27.6 Å². The lowest BCUT2D eigenvalue weighted by Gasteiger charge is -2.36. The van der Waals surface area contributed by atoms with E-state index in [1.807, 2.05) is 48.5 Å². The van der Waals surface area contributed by atoms with Crippen LogP contribution in [-0.2, 0) is 29.1 Å². The molecule has 352 valence electrons. The number of hydrogen-bond donors (Lipinski definition) is 3. The van der Waals surface area contributed by atoms with Crippen LogP contribution in [0.4, 0.5) is 4.79 Å². The molecular weight excluding hydrogens is 847 g/mol. The van der Waals surface area contributed by atoms with Gasteiger partial charge >= 0.3 is 6.09 Å². The number of methoxy groups -OCH3 is 1. The van der Waals surface area contributed by atoms with Gasteiger partial charge in [0.1, 0.15) is 40.8 Å². The van der Waals surface area contributed by atoms with Crippen LogP contribution in [0.5, 0.6) is 11.5 Å². The summed E-state index contributed by atoms with van der Waals surface area (Å²) in [5.74, 6) is -1.55. The number of carbonyl (C=O) groups is 4. The third-order valence-electron chi connectivity index (χ3n) is 12.7. The highest BCUT2D eigenvalue weighted by atomic mass is 32.2. The largest absolute Gasteiger partial charge is 0.497 e. The molecule has 3 N–H and O–H groups in total. The number of fused-ring (bicyclic) bond motifs is 1. The summed E-state index contributed by atoms with van der Waals surface area (Å²) in [6.45, 7) is 18.1. The molecule has 14 nitrogen and oxygen atoms in total. The van der Waals surface area contributed by atoms with Crippen molar-refractivity contribution in [2.24, 2.45) is 11.3 Å². The highest BCUT2D eigenvalue weighted by Gasteiger charge is 2.63. The van der Waals surface area contributed by atoms with Crippen molar-refractivity contribution in [3.8, 4) is 22.8 Å². The number of benzene rings is 2. The first-order chi connectivity index (χ1) is 30.7. The molecule has 2 saturated carbocycles. The Morgan fingerprint density at radius 3 is 2.26 bits per heavy atom. The van der Waals surface area contributed by atoms with Crippen LogP contribution in [0.15, 0.2) is 79.9 Å². The number of amides is 4. The highest BCUT2D eigenvalue weighted by molar-refractivity contribution is 7.91. The van der Waals surface area contributed by atoms with E-state index in [-0.39, 0.29) is 19.4 Å². The molecule has 1 aromatic heterocycles. The Labute approximate surface area is 384 Å². The first kappa shape index (κ1) is 49.0. The van der Waals surface area contributed by atoms with E-state index in [2.05, 4.69) is 28.5 Å². The molecule has 1 aliphatic heterocycles. The number of sulfonamides is 1. The molecule has 3 aliphatic rings. The molecule has 0 spiro atoms. The van der Waals surface area contributed by atoms with E-state index in [0.29, 0.717) is 47.4 Å². The van der Waals surface area contributed by atoms with E-state index in [1.165, 1.54) is 11.0 Å². The summed E-state index contributed by atoms with van der Waals surface area (Å²) >= 11 is 0. The number of nitrogens with one attached hydrogen (secondary N) is 3. The summed E-state index contributed by atoms with van der Waals surface area (Å²) in [5, 5.41) is 6.32. The van der Waals surface area contributed by atoms with Crippen molar-refractivity contribution < 1.29 is 41.8 Å². The number of carbonyl (C=O) groups excluding carboxylic acids is 4. The number of rotatable bonds is 20. The van der Waals surface area contributed by atoms with Gasteiger partial charge in [-0.25, -0.2) is 18.2 Å². The maximum atomic E-state index is 14.9. The van der Waals surface area contributed by atoms with E-state index in [4.69, 9.17) is 19.2 Å². The van der Waals surface area contributed by atoms with Crippen LogP contribution in [0.3, 0.4) is 0 Å². The number of pyridine rings is 1. The van der Waals surface area contributed by atoms with Gasteiger partial charge in [-0.1, -0.05) is 88.9 Å². The Morgan fingerprint density at radius 2 is 1.65 bits per heavy atom. The number of allylic oxidation sites excluding steroid dienone is 1. The first-order valence-corrected chi connectivity index (χ1v) is 24.3. The molecule has 3 aromatic rings. The van der Waals surface area contributed by atoms with Crippen LogP contribution in [0.25, 0.3) is 22.2 Å². The van der Waals surface area contributed by atoms with Gasteiger partial charge in [0.15, 0.2) is 0 Å². The molecular formula is C50H67N5O9S. The molecule has 2 heterocycles. The van der Waals surface area contributed by atoms with E-state index < -0.39 is 79.2 Å². The number of ether oxygens (including phenoxy) is 3. The molecule has 6 rings (SSSR count). The lowest BCUT2D eigenvalue weighted by atomic mass is 9.85. The van der Waals surface area contributed by atoms with Gasteiger partial charge in [0, 0.05) is 35.4 Å². The standard InChI is InChI=1S/C50H67N5O9S/c1-10-12-13-14-15-16-20-25-49(26-27-49)65(60,61)54-45(58)50(31-34(50)11-2)53-43(56)40-29-36(32-55(40)44(57)42(47(3,4)5)52-46(59)64-48(6,7)8)63-41-30-38(33-21-18-17-19-22-33)51-39-28-35(62-9)23-24-37(39)41/h10-11,17-19,21-24,28,30,34,36,40,42H,1-2,12-16,20,25-27,29,31-32H2,3-9H3,(H,52,59)(H,53,56)(H,54,58)/t34?,36-,40+,42-,50-/m1/s1. The summed E-state index contributed by atoms with van der Waals surface area (Å²) in [4.78, 5) is 63.3. The van der Waals surface area contributed by atoms with Crippen molar-refractivity contribution in [3.63, 3.8) is 0 Å². The summed E-state index contributed by atoms with van der Waals surface area (Å²) < 4.78 is 46.9. The van der Waals surface area contributed by atoms with Crippen molar-refractivity contribution in [2.75, 3.05) is 13.7 Å². The monoisotopic (exact) mass is 913 g/mol. The van der Waals surface area contributed by atoms with Crippen LogP contribution < -0.4 is 24.8 Å². The Balaban J connectivity index is 1.28. The molecule has 15 heteroatoms. The predicted molar refractivity (Wildman–Crippen MR) is 252 cm³/mol. The number of likely N-dealkylation sites (tertiary alicyclic amines) is 1. The Bertz CT molecular complexity index is 2370. The number of unbranched alkanes of at least 4 members (excludes halogenated alkanes) is 5. The van der Waals surface area contributed by atoms with E-state index >= 15 is 0 Å².